The first kappa shape index (κ1) is 20.1. The lowest BCUT2D eigenvalue weighted by Gasteiger charge is -2.38. The van der Waals surface area contributed by atoms with Crippen LogP contribution in [0.3, 0.4) is 0 Å². The normalized spacial score (nSPS) is 19.1. The highest BCUT2D eigenvalue weighted by Gasteiger charge is 2.42. The molecule has 3 aromatic rings. The lowest BCUT2D eigenvalue weighted by atomic mass is 9.69. The van der Waals surface area contributed by atoms with Crippen LogP contribution in [0.5, 0.6) is 11.5 Å². The van der Waals surface area contributed by atoms with Gasteiger partial charge in [-0.25, -0.2) is 4.79 Å². The molecule has 0 saturated carbocycles. The molecule has 1 atom stereocenters. The minimum atomic E-state index is -0.586. The summed E-state index contributed by atoms with van der Waals surface area (Å²) >= 11 is 0. The topological polar surface area (TPSA) is 104 Å². The molecule has 0 amide bonds. The number of allylic oxidation sites excluding steroid dienone is 2. The van der Waals surface area contributed by atoms with Crippen molar-refractivity contribution < 1.29 is 9.53 Å². The van der Waals surface area contributed by atoms with Crippen molar-refractivity contribution in [3.05, 3.63) is 97.8 Å². The number of carbonyl (C=O) groups excluding carboxylic acids is 1. The van der Waals surface area contributed by atoms with E-state index < -0.39 is 17.2 Å². The van der Waals surface area contributed by atoms with Gasteiger partial charge in [0.1, 0.15) is 17.3 Å². The van der Waals surface area contributed by atoms with E-state index >= 15 is 0 Å². The first-order valence-corrected chi connectivity index (χ1v) is 10.5. The number of H-pyrrole nitrogens is 2. The van der Waals surface area contributed by atoms with Crippen LogP contribution in [0, 0.1) is 5.41 Å². The standard InChI is InChI=1S/C25H23N3O4/c1-25(2)12-17-20(18(29)13-25)19(21-22(26-17)27-24(31)28-23(21)30)14-8-10-16(11-9-14)32-15-6-4-3-5-7-15/h3-11,19H,12-13H2,1-2H3,(H3,26,27,28,30,31). The molecule has 0 fully saturated rings. The number of ether oxygens (including phenoxy) is 1. The van der Waals surface area contributed by atoms with Gasteiger partial charge in [-0.2, -0.15) is 0 Å². The van der Waals surface area contributed by atoms with Crippen LogP contribution in [-0.2, 0) is 4.79 Å². The first-order chi connectivity index (χ1) is 15.3. The van der Waals surface area contributed by atoms with Crippen LogP contribution >= 0.6 is 0 Å². The molecule has 1 aliphatic heterocycles. The predicted molar refractivity (Wildman–Crippen MR) is 121 cm³/mol. The molecule has 1 aromatic heterocycles. The Morgan fingerprint density at radius 2 is 1.56 bits per heavy atom. The number of fused-ring (bicyclic) bond motifs is 1. The minimum absolute atomic E-state index is 0.00890. The molecule has 2 aliphatic rings. The van der Waals surface area contributed by atoms with Crippen molar-refractivity contribution in [2.75, 3.05) is 5.32 Å². The van der Waals surface area contributed by atoms with Crippen LogP contribution < -0.4 is 21.3 Å². The molecule has 0 spiro atoms. The molecule has 1 unspecified atom stereocenters. The molecule has 32 heavy (non-hydrogen) atoms. The summed E-state index contributed by atoms with van der Waals surface area (Å²) in [5.74, 6) is 1.15. The predicted octanol–water partition coefficient (Wildman–Crippen LogP) is 4.06. The number of ketones is 1. The highest BCUT2D eigenvalue weighted by atomic mass is 16.5. The fourth-order valence-corrected chi connectivity index (χ4v) is 4.63. The number of aromatic amines is 2. The zero-order valence-corrected chi connectivity index (χ0v) is 17.8. The van der Waals surface area contributed by atoms with E-state index in [1.807, 2.05) is 68.4 Å². The third kappa shape index (κ3) is 3.56. The van der Waals surface area contributed by atoms with Crippen LogP contribution in [0.25, 0.3) is 0 Å². The fourth-order valence-electron chi connectivity index (χ4n) is 4.63. The van der Waals surface area contributed by atoms with E-state index in [0.29, 0.717) is 35.5 Å². The molecule has 7 heteroatoms. The lowest BCUT2D eigenvalue weighted by Crippen LogP contribution is -2.38. The van der Waals surface area contributed by atoms with Crippen molar-refractivity contribution in [3.63, 3.8) is 0 Å². The number of nitrogens with one attached hydrogen (secondary N) is 3. The van der Waals surface area contributed by atoms with Crippen molar-refractivity contribution in [2.45, 2.75) is 32.6 Å². The summed E-state index contributed by atoms with van der Waals surface area (Å²) < 4.78 is 5.88. The van der Waals surface area contributed by atoms with Gasteiger partial charge in [0.05, 0.1) is 5.56 Å². The van der Waals surface area contributed by atoms with E-state index in [-0.39, 0.29) is 11.2 Å². The number of para-hydroxylation sites is 1. The fraction of sp³-hybridized carbons (Fsp3) is 0.240. The van der Waals surface area contributed by atoms with Gasteiger partial charge in [0.15, 0.2) is 5.78 Å². The zero-order chi connectivity index (χ0) is 22.5. The Kier molecular flexibility index (Phi) is 4.62. The highest BCUT2D eigenvalue weighted by molar-refractivity contribution is 6.01. The number of carbonyl (C=O) groups is 1. The number of benzene rings is 2. The summed E-state index contributed by atoms with van der Waals surface area (Å²) in [4.78, 5) is 43.0. The van der Waals surface area contributed by atoms with Gasteiger partial charge in [0.25, 0.3) is 5.56 Å². The maximum atomic E-state index is 13.2. The molecule has 0 radical (unpaired) electrons. The van der Waals surface area contributed by atoms with Gasteiger partial charge in [-0.1, -0.05) is 44.2 Å². The second-order valence-electron chi connectivity index (χ2n) is 9.07. The van der Waals surface area contributed by atoms with Crippen LogP contribution in [-0.4, -0.2) is 15.8 Å². The van der Waals surface area contributed by atoms with Crippen molar-refractivity contribution in [2.24, 2.45) is 5.41 Å². The summed E-state index contributed by atoms with van der Waals surface area (Å²) in [5, 5.41) is 3.17. The van der Waals surface area contributed by atoms with E-state index in [9.17, 15) is 14.4 Å². The molecule has 2 aromatic carbocycles. The van der Waals surface area contributed by atoms with E-state index in [4.69, 9.17) is 4.74 Å². The molecule has 1 aliphatic carbocycles. The number of anilines is 1. The van der Waals surface area contributed by atoms with Crippen molar-refractivity contribution in [1.29, 1.82) is 0 Å². The smallest absolute Gasteiger partial charge is 0.327 e. The van der Waals surface area contributed by atoms with Gasteiger partial charge >= 0.3 is 5.69 Å². The van der Waals surface area contributed by atoms with Gasteiger partial charge in [0, 0.05) is 23.6 Å². The maximum absolute atomic E-state index is 13.2. The summed E-state index contributed by atoms with van der Waals surface area (Å²) in [6.45, 7) is 4.08. The maximum Gasteiger partial charge on any atom is 0.327 e. The summed E-state index contributed by atoms with van der Waals surface area (Å²) in [5.41, 5.74) is 1.17. The number of aromatic nitrogens is 2. The summed E-state index contributed by atoms with van der Waals surface area (Å²) in [7, 11) is 0. The van der Waals surface area contributed by atoms with Crippen LogP contribution in [0.1, 0.15) is 43.7 Å². The van der Waals surface area contributed by atoms with Crippen LogP contribution in [0.15, 0.2) is 75.5 Å². The molecule has 5 rings (SSSR count). The van der Waals surface area contributed by atoms with Gasteiger partial charge in [-0.3, -0.25) is 19.6 Å². The molecule has 0 bridgehead atoms. The molecule has 0 saturated heterocycles. The largest absolute Gasteiger partial charge is 0.457 e. The van der Waals surface area contributed by atoms with E-state index in [1.165, 1.54) is 0 Å². The Bertz CT molecular complexity index is 1350. The number of hydrogen-bond donors (Lipinski definition) is 3. The quantitative estimate of drug-likeness (QED) is 0.583. The highest BCUT2D eigenvalue weighted by Crippen LogP contribution is 2.47. The Morgan fingerprint density at radius 1 is 0.875 bits per heavy atom. The van der Waals surface area contributed by atoms with Gasteiger partial charge < -0.3 is 10.1 Å². The average molecular weight is 429 g/mol. The lowest BCUT2D eigenvalue weighted by molar-refractivity contribution is -0.118. The van der Waals surface area contributed by atoms with Gasteiger partial charge in [0.2, 0.25) is 0 Å². The van der Waals surface area contributed by atoms with Crippen LogP contribution in [0.2, 0.25) is 0 Å². The number of rotatable bonds is 3. The number of hydrogen-bond acceptors (Lipinski definition) is 5. The molecule has 3 N–H and O–H groups in total. The zero-order valence-electron chi connectivity index (χ0n) is 17.8. The first-order valence-electron chi connectivity index (χ1n) is 10.5. The average Bonchev–Trinajstić information content (AvgIpc) is 2.72. The summed E-state index contributed by atoms with van der Waals surface area (Å²) in [6, 6.07) is 16.8. The van der Waals surface area contributed by atoms with Crippen molar-refractivity contribution in [3.8, 4) is 11.5 Å². The Labute approximate surface area is 184 Å². The monoisotopic (exact) mass is 429 g/mol. The summed E-state index contributed by atoms with van der Waals surface area (Å²) in [6.07, 6.45) is 1.05. The Balaban J connectivity index is 1.61. The molecular weight excluding hydrogens is 406 g/mol. The van der Waals surface area contributed by atoms with E-state index in [1.54, 1.807) is 0 Å². The molecule has 162 valence electrons. The van der Waals surface area contributed by atoms with E-state index in [2.05, 4.69) is 15.3 Å². The minimum Gasteiger partial charge on any atom is -0.457 e. The molecular formula is C25H23N3O4. The Hall–Kier alpha value is -3.87. The van der Waals surface area contributed by atoms with Crippen molar-refractivity contribution >= 4 is 11.6 Å². The van der Waals surface area contributed by atoms with Crippen LogP contribution in [0.4, 0.5) is 5.82 Å². The second-order valence-corrected chi connectivity index (χ2v) is 9.07. The third-order valence-corrected chi connectivity index (χ3v) is 5.95. The second kappa shape index (κ2) is 7.37. The molecule has 7 nitrogen and oxygen atoms in total. The van der Waals surface area contributed by atoms with E-state index in [0.717, 1.165) is 17.0 Å². The third-order valence-electron chi connectivity index (χ3n) is 5.95. The van der Waals surface area contributed by atoms with Gasteiger partial charge in [-0.05, 0) is 41.7 Å². The number of Topliss-reactive ketones (excluding diaryl/α,β-unsaturated/α-hetero) is 1. The van der Waals surface area contributed by atoms with Crippen molar-refractivity contribution in [1.82, 2.24) is 9.97 Å². The Morgan fingerprint density at radius 3 is 2.28 bits per heavy atom. The molecule has 2 heterocycles. The SMILES string of the molecule is CC1(C)CC(=O)C2=C(C1)Nc1[nH]c(=O)[nH]c(=O)c1C2c1ccc(Oc2ccccc2)cc1. The van der Waals surface area contributed by atoms with Gasteiger partial charge in [-0.15, -0.1) is 0 Å².